The van der Waals surface area contributed by atoms with Gasteiger partial charge in [-0.25, -0.2) is 9.18 Å². The van der Waals surface area contributed by atoms with Crippen LogP contribution in [-0.4, -0.2) is 41.4 Å². The number of piperidine rings is 1. The Bertz CT molecular complexity index is 889. The molecule has 7 heteroatoms. The quantitative estimate of drug-likeness (QED) is 0.730. The highest BCUT2D eigenvalue weighted by Gasteiger charge is 2.24. The molecule has 0 bridgehead atoms. The third kappa shape index (κ3) is 5.79. The number of nitrogens with zero attached hydrogens (tertiary/aromatic N) is 2. The van der Waals surface area contributed by atoms with Crippen molar-refractivity contribution >= 4 is 17.6 Å². The second kappa shape index (κ2) is 10.2. The zero-order valence-electron chi connectivity index (χ0n) is 17.3. The number of primary amides is 1. The Balaban J connectivity index is 1.67. The van der Waals surface area contributed by atoms with Gasteiger partial charge in [0.15, 0.2) is 0 Å². The third-order valence-corrected chi connectivity index (χ3v) is 5.49. The number of rotatable bonds is 7. The van der Waals surface area contributed by atoms with Gasteiger partial charge in [0.25, 0.3) is 0 Å². The first kappa shape index (κ1) is 21.8. The molecule has 0 aliphatic carbocycles. The fraction of sp³-hybridized carbons (Fsp3) is 0.391. The molecule has 3 N–H and O–H groups in total. The van der Waals surface area contributed by atoms with Gasteiger partial charge in [0.05, 0.1) is 5.92 Å². The topological polar surface area (TPSA) is 78.7 Å². The molecule has 1 heterocycles. The zero-order valence-corrected chi connectivity index (χ0v) is 17.3. The van der Waals surface area contributed by atoms with Crippen molar-refractivity contribution < 1.29 is 14.0 Å². The number of hydrogen-bond donors (Lipinski definition) is 2. The van der Waals surface area contributed by atoms with Gasteiger partial charge in [-0.2, -0.15) is 0 Å². The maximum atomic E-state index is 13.5. The minimum absolute atomic E-state index is 0.123. The Labute approximate surface area is 176 Å². The molecule has 160 valence electrons. The molecule has 1 aliphatic heterocycles. The van der Waals surface area contributed by atoms with Crippen LogP contribution in [0.25, 0.3) is 0 Å². The Hall–Kier alpha value is -2.93. The monoisotopic (exact) mass is 412 g/mol. The number of anilines is 1. The summed E-state index contributed by atoms with van der Waals surface area (Å²) in [5.41, 5.74) is 7.95. The van der Waals surface area contributed by atoms with Crippen molar-refractivity contribution in [1.29, 1.82) is 0 Å². The number of para-hydroxylation sites is 1. The highest BCUT2D eigenvalue weighted by Crippen LogP contribution is 2.22. The van der Waals surface area contributed by atoms with Gasteiger partial charge in [-0.15, -0.1) is 0 Å². The number of urea groups is 1. The second-order valence-electron chi connectivity index (χ2n) is 7.71. The van der Waals surface area contributed by atoms with Crippen LogP contribution in [0.15, 0.2) is 48.5 Å². The number of carbonyl (C=O) groups excluding carboxylic acids is 2. The van der Waals surface area contributed by atoms with Crippen molar-refractivity contribution in [3.63, 3.8) is 0 Å². The smallest absolute Gasteiger partial charge is 0.322 e. The number of nitrogens with two attached hydrogens (primary N) is 1. The standard InChI is InChI=1S/C23H29FN4O2/c1-2-28(14-17-7-5-10-20(24)13-17)23(30)26-21-11-4-3-8-18(21)15-27-12-6-9-19(16-27)22(25)29/h3-5,7-8,10-11,13,19H,2,6,9,12,14-16H2,1H3,(H2,25,29)(H,26,30)/t19-/m1/s1. The minimum atomic E-state index is -0.315. The van der Waals surface area contributed by atoms with Crippen molar-refractivity contribution in [3.8, 4) is 0 Å². The van der Waals surface area contributed by atoms with Crippen molar-refractivity contribution in [2.24, 2.45) is 11.7 Å². The van der Waals surface area contributed by atoms with Crippen molar-refractivity contribution in [2.75, 3.05) is 25.0 Å². The fourth-order valence-corrected chi connectivity index (χ4v) is 3.83. The summed E-state index contributed by atoms with van der Waals surface area (Å²) in [5, 5.41) is 2.99. The lowest BCUT2D eigenvalue weighted by Gasteiger charge is -2.31. The van der Waals surface area contributed by atoms with E-state index in [4.69, 9.17) is 5.73 Å². The molecule has 0 spiro atoms. The van der Waals surface area contributed by atoms with Gasteiger partial charge in [-0.3, -0.25) is 9.69 Å². The van der Waals surface area contributed by atoms with E-state index in [-0.39, 0.29) is 23.7 Å². The molecule has 0 unspecified atom stereocenters. The van der Waals surface area contributed by atoms with Gasteiger partial charge >= 0.3 is 6.03 Å². The van der Waals surface area contributed by atoms with Crippen LogP contribution in [0, 0.1) is 11.7 Å². The molecule has 1 atom stereocenters. The fourth-order valence-electron chi connectivity index (χ4n) is 3.83. The number of nitrogens with one attached hydrogen (secondary N) is 1. The molecule has 3 amide bonds. The first-order chi connectivity index (χ1) is 14.5. The number of likely N-dealkylation sites (tertiary alicyclic amines) is 1. The molecule has 2 aromatic rings. The van der Waals surface area contributed by atoms with E-state index in [9.17, 15) is 14.0 Å². The van der Waals surface area contributed by atoms with E-state index < -0.39 is 0 Å². The average Bonchev–Trinajstić information content (AvgIpc) is 2.73. The van der Waals surface area contributed by atoms with Crippen LogP contribution in [0.3, 0.4) is 0 Å². The van der Waals surface area contributed by atoms with Gasteiger partial charge in [0.2, 0.25) is 5.91 Å². The second-order valence-corrected chi connectivity index (χ2v) is 7.71. The Morgan fingerprint density at radius 1 is 1.23 bits per heavy atom. The molecule has 3 rings (SSSR count). The lowest BCUT2D eigenvalue weighted by Crippen LogP contribution is -2.41. The van der Waals surface area contributed by atoms with E-state index in [0.29, 0.717) is 26.2 Å². The molecule has 1 aliphatic rings. The molecular weight excluding hydrogens is 383 g/mol. The summed E-state index contributed by atoms with van der Waals surface area (Å²) >= 11 is 0. The summed E-state index contributed by atoms with van der Waals surface area (Å²) in [4.78, 5) is 28.3. The summed E-state index contributed by atoms with van der Waals surface area (Å²) < 4.78 is 13.5. The highest BCUT2D eigenvalue weighted by atomic mass is 19.1. The first-order valence-electron chi connectivity index (χ1n) is 10.4. The molecule has 1 fully saturated rings. The maximum absolute atomic E-state index is 13.5. The summed E-state index contributed by atoms with van der Waals surface area (Å²) in [6, 6.07) is 13.7. The number of hydrogen-bond acceptors (Lipinski definition) is 3. The molecule has 0 radical (unpaired) electrons. The van der Waals surface area contributed by atoms with Crippen LogP contribution in [0.5, 0.6) is 0 Å². The van der Waals surface area contributed by atoms with E-state index in [1.807, 2.05) is 31.2 Å². The Kier molecular flexibility index (Phi) is 7.41. The number of halogens is 1. The number of carbonyl (C=O) groups is 2. The molecule has 0 saturated carbocycles. The van der Waals surface area contributed by atoms with Crippen LogP contribution in [0.4, 0.5) is 14.9 Å². The third-order valence-electron chi connectivity index (χ3n) is 5.49. The van der Waals surface area contributed by atoms with Crippen molar-refractivity contribution in [3.05, 3.63) is 65.5 Å². The van der Waals surface area contributed by atoms with Gasteiger partial charge in [-0.05, 0) is 55.6 Å². The van der Waals surface area contributed by atoms with Crippen molar-refractivity contribution in [1.82, 2.24) is 9.80 Å². The van der Waals surface area contributed by atoms with Crippen LogP contribution < -0.4 is 11.1 Å². The van der Waals surface area contributed by atoms with E-state index in [0.717, 1.165) is 36.2 Å². The predicted octanol–water partition coefficient (Wildman–Crippen LogP) is 3.58. The van der Waals surface area contributed by atoms with Crippen LogP contribution in [0.2, 0.25) is 0 Å². The Morgan fingerprint density at radius 3 is 2.77 bits per heavy atom. The van der Waals surface area contributed by atoms with Crippen LogP contribution in [-0.2, 0) is 17.9 Å². The van der Waals surface area contributed by atoms with E-state index in [1.54, 1.807) is 17.0 Å². The summed E-state index contributed by atoms with van der Waals surface area (Å²) in [6.07, 6.45) is 1.76. The van der Waals surface area contributed by atoms with E-state index in [2.05, 4.69) is 10.2 Å². The SMILES string of the molecule is CCN(Cc1cccc(F)c1)C(=O)Nc1ccccc1CN1CCC[C@@H](C(N)=O)C1. The van der Waals surface area contributed by atoms with Crippen LogP contribution in [0.1, 0.15) is 30.9 Å². The lowest BCUT2D eigenvalue weighted by molar-refractivity contribution is -0.123. The van der Waals surface area contributed by atoms with Crippen LogP contribution >= 0.6 is 0 Å². The number of amides is 3. The van der Waals surface area contributed by atoms with Gasteiger partial charge in [0, 0.05) is 31.9 Å². The van der Waals surface area contributed by atoms with Crippen molar-refractivity contribution in [2.45, 2.75) is 32.9 Å². The summed E-state index contributed by atoms with van der Waals surface area (Å²) in [6.45, 7) is 4.88. The normalized spacial score (nSPS) is 16.8. The van der Waals surface area contributed by atoms with E-state index in [1.165, 1.54) is 12.1 Å². The van der Waals surface area contributed by atoms with Gasteiger partial charge in [-0.1, -0.05) is 30.3 Å². The largest absolute Gasteiger partial charge is 0.369 e. The summed E-state index contributed by atoms with van der Waals surface area (Å²) in [5.74, 6) is -0.690. The van der Waals surface area contributed by atoms with E-state index >= 15 is 0 Å². The molecule has 30 heavy (non-hydrogen) atoms. The maximum Gasteiger partial charge on any atom is 0.322 e. The molecule has 2 aromatic carbocycles. The molecule has 1 saturated heterocycles. The lowest BCUT2D eigenvalue weighted by atomic mass is 9.97. The number of benzene rings is 2. The summed E-state index contributed by atoms with van der Waals surface area (Å²) in [7, 11) is 0. The molecule has 6 nitrogen and oxygen atoms in total. The Morgan fingerprint density at radius 2 is 2.03 bits per heavy atom. The predicted molar refractivity (Wildman–Crippen MR) is 115 cm³/mol. The zero-order chi connectivity index (χ0) is 21.5. The average molecular weight is 413 g/mol. The first-order valence-corrected chi connectivity index (χ1v) is 10.4. The molecule has 0 aromatic heterocycles. The minimum Gasteiger partial charge on any atom is -0.369 e. The molecular formula is C23H29FN4O2. The highest BCUT2D eigenvalue weighted by molar-refractivity contribution is 5.90. The van der Waals surface area contributed by atoms with Gasteiger partial charge in [0.1, 0.15) is 5.82 Å². The van der Waals surface area contributed by atoms with Gasteiger partial charge < -0.3 is 16.0 Å².